The summed E-state index contributed by atoms with van der Waals surface area (Å²) in [5, 5.41) is 9.33. The summed E-state index contributed by atoms with van der Waals surface area (Å²) in [6, 6.07) is 20.7. The second-order valence-electron chi connectivity index (χ2n) is 5.21. The van der Waals surface area contributed by atoms with E-state index in [1.165, 1.54) is 0 Å². The van der Waals surface area contributed by atoms with Crippen molar-refractivity contribution in [3.63, 3.8) is 0 Å². The van der Waals surface area contributed by atoms with Crippen molar-refractivity contribution in [2.24, 2.45) is 0 Å². The van der Waals surface area contributed by atoms with Gasteiger partial charge in [-0.1, -0.05) is 39.8 Å². The van der Waals surface area contributed by atoms with Crippen molar-refractivity contribution >= 4 is 33.4 Å². The van der Waals surface area contributed by atoms with E-state index in [0.717, 1.165) is 25.6 Å². The molecule has 0 amide bonds. The quantitative estimate of drug-likeness (QED) is 0.556. The minimum Gasteiger partial charge on any atom is -0.508 e. The molecule has 0 aliphatic heterocycles. The molecule has 0 radical (unpaired) electrons. The molecule has 0 heterocycles. The maximum atomic E-state index is 9.33. The number of ether oxygens (including phenoxy) is 1. The molecule has 0 atom stereocenters. The highest BCUT2D eigenvalue weighted by atomic mass is 79.9. The monoisotopic (exact) mass is 401 g/mol. The molecule has 0 unspecified atom stereocenters. The van der Waals surface area contributed by atoms with Crippen molar-refractivity contribution in [3.05, 3.63) is 76.8 Å². The lowest BCUT2D eigenvalue weighted by Crippen LogP contribution is -1.97. The first kappa shape index (κ1) is 16.7. The first-order valence-electron chi connectivity index (χ1n) is 7.34. The van der Waals surface area contributed by atoms with Crippen LogP contribution in [0.25, 0.3) is 0 Å². The number of hydrogen-bond donors (Lipinski definition) is 2. The third kappa shape index (κ3) is 4.46. The van der Waals surface area contributed by atoms with E-state index in [1.807, 2.05) is 54.6 Å². The summed E-state index contributed by atoms with van der Waals surface area (Å²) in [5.41, 5.74) is 7.89. The number of nitrogens with two attached hydrogens (primary N) is 1. The Balaban J connectivity index is 1.67. The van der Waals surface area contributed by atoms with E-state index in [2.05, 4.69) is 15.9 Å². The van der Waals surface area contributed by atoms with Crippen LogP contribution in [-0.4, -0.2) is 5.11 Å². The minimum absolute atomic E-state index is 0.253. The zero-order valence-corrected chi connectivity index (χ0v) is 15.2. The molecule has 3 N–H and O–H groups in total. The maximum Gasteiger partial charge on any atom is 0.121 e. The average Bonchev–Trinajstić information content (AvgIpc) is 2.57. The van der Waals surface area contributed by atoms with Gasteiger partial charge in [0, 0.05) is 26.0 Å². The van der Waals surface area contributed by atoms with Crippen molar-refractivity contribution in [2.45, 2.75) is 16.4 Å². The molecule has 3 nitrogen and oxygen atoms in total. The molecule has 122 valence electrons. The van der Waals surface area contributed by atoms with Crippen molar-refractivity contribution in [2.75, 3.05) is 5.73 Å². The second kappa shape index (κ2) is 7.64. The largest absolute Gasteiger partial charge is 0.508 e. The highest BCUT2D eigenvalue weighted by Crippen LogP contribution is 2.34. The smallest absolute Gasteiger partial charge is 0.121 e. The predicted octanol–water partition coefficient (Wildman–Crippen LogP) is 5.47. The fraction of sp³-hybridized carbons (Fsp3) is 0.0526. The summed E-state index contributed by atoms with van der Waals surface area (Å²) in [5.74, 6) is 0.992. The van der Waals surface area contributed by atoms with Gasteiger partial charge in [-0.15, -0.1) is 0 Å². The molecule has 0 saturated carbocycles. The van der Waals surface area contributed by atoms with Crippen molar-refractivity contribution < 1.29 is 9.84 Å². The van der Waals surface area contributed by atoms with E-state index in [-0.39, 0.29) is 5.75 Å². The molecule has 0 aliphatic rings. The van der Waals surface area contributed by atoms with Crippen molar-refractivity contribution in [1.82, 2.24) is 0 Å². The number of rotatable bonds is 5. The van der Waals surface area contributed by atoms with Gasteiger partial charge in [-0.2, -0.15) is 0 Å². The van der Waals surface area contributed by atoms with E-state index in [9.17, 15) is 5.11 Å². The Morgan fingerprint density at radius 3 is 2.50 bits per heavy atom. The van der Waals surface area contributed by atoms with Crippen molar-refractivity contribution in [3.8, 4) is 11.5 Å². The van der Waals surface area contributed by atoms with Gasteiger partial charge in [0.25, 0.3) is 0 Å². The molecule has 0 fully saturated rings. The summed E-state index contributed by atoms with van der Waals surface area (Å²) >= 11 is 5.00. The summed E-state index contributed by atoms with van der Waals surface area (Å²) < 4.78 is 6.84. The number of phenols is 1. The number of aromatic hydroxyl groups is 1. The van der Waals surface area contributed by atoms with Gasteiger partial charge in [0.05, 0.1) is 0 Å². The van der Waals surface area contributed by atoms with Crippen LogP contribution < -0.4 is 10.5 Å². The lowest BCUT2D eigenvalue weighted by Gasteiger charge is -2.10. The van der Waals surface area contributed by atoms with E-state index < -0.39 is 0 Å². The number of hydrogen-bond acceptors (Lipinski definition) is 4. The molecule has 24 heavy (non-hydrogen) atoms. The van der Waals surface area contributed by atoms with Crippen LogP contribution in [0.5, 0.6) is 11.5 Å². The predicted molar refractivity (Wildman–Crippen MR) is 102 cm³/mol. The number of phenolic OH excluding ortho intramolecular Hbond substituents is 1. The SMILES string of the molecule is Nc1cc(OCc2cccc(Br)c2)ccc1Sc1ccc(O)cc1. The lowest BCUT2D eigenvalue weighted by atomic mass is 10.2. The molecule has 0 saturated heterocycles. The van der Waals surface area contributed by atoms with Crippen LogP contribution in [0.2, 0.25) is 0 Å². The van der Waals surface area contributed by atoms with E-state index in [4.69, 9.17) is 10.5 Å². The number of anilines is 1. The molecule has 3 aromatic carbocycles. The van der Waals surface area contributed by atoms with Gasteiger partial charge in [-0.3, -0.25) is 0 Å². The molecular weight excluding hydrogens is 386 g/mol. The molecule has 0 aromatic heterocycles. The van der Waals surface area contributed by atoms with E-state index in [0.29, 0.717) is 12.3 Å². The highest BCUT2D eigenvalue weighted by Gasteiger charge is 2.05. The Morgan fingerprint density at radius 1 is 1.00 bits per heavy atom. The summed E-state index contributed by atoms with van der Waals surface area (Å²) in [7, 11) is 0. The van der Waals surface area contributed by atoms with Crippen LogP contribution >= 0.6 is 27.7 Å². The molecular formula is C19H16BrNO2S. The average molecular weight is 402 g/mol. The van der Waals surface area contributed by atoms with E-state index in [1.54, 1.807) is 23.9 Å². The summed E-state index contributed by atoms with van der Waals surface area (Å²) in [6.45, 7) is 0.489. The standard InChI is InChI=1S/C19H16BrNO2S/c20-14-3-1-2-13(10-14)12-23-16-6-9-19(18(21)11-16)24-17-7-4-15(22)5-8-17/h1-11,22H,12,21H2. The summed E-state index contributed by atoms with van der Waals surface area (Å²) in [6.07, 6.45) is 0. The number of halogens is 1. The third-order valence-corrected chi connectivity index (χ3v) is 4.93. The molecule has 0 bridgehead atoms. The Bertz CT molecular complexity index is 837. The first-order chi connectivity index (χ1) is 11.6. The van der Waals surface area contributed by atoms with Crippen LogP contribution in [0.3, 0.4) is 0 Å². The van der Waals surface area contributed by atoms with Gasteiger partial charge < -0.3 is 15.6 Å². The molecule has 5 heteroatoms. The molecule has 3 aromatic rings. The Labute approximate surface area is 153 Å². The molecule has 0 aliphatic carbocycles. The van der Waals surface area contributed by atoms with Crippen LogP contribution in [-0.2, 0) is 6.61 Å². The van der Waals surface area contributed by atoms with Crippen LogP contribution in [0.1, 0.15) is 5.56 Å². The normalized spacial score (nSPS) is 10.5. The Hall–Kier alpha value is -2.11. The van der Waals surface area contributed by atoms with Crippen LogP contribution in [0.4, 0.5) is 5.69 Å². The molecule has 3 rings (SSSR count). The minimum atomic E-state index is 0.253. The Kier molecular flexibility index (Phi) is 5.33. The fourth-order valence-corrected chi connectivity index (χ4v) is 3.43. The zero-order chi connectivity index (χ0) is 16.9. The van der Waals surface area contributed by atoms with Gasteiger partial charge in [-0.25, -0.2) is 0 Å². The van der Waals surface area contributed by atoms with Gasteiger partial charge in [0.1, 0.15) is 18.1 Å². The number of benzene rings is 3. The first-order valence-corrected chi connectivity index (χ1v) is 8.95. The van der Waals surface area contributed by atoms with Gasteiger partial charge in [0.15, 0.2) is 0 Å². The fourth-order valence-electron chi connectivity index (χ4n) is 2.14. The van der Waals surface area contributed by atoms with Crippen LogP contribution in [0.15, 0.2) is 81.0 Å². The Morgan fingerprint density at radius 2 is 1.79 bits per heavy atom. The van der Waals surface area contributed by atoms with Crippen LogP contribution in [0, 0.1) is 0 Å². The second-order valence-corrected chi connectivity index (χ2v) is 7.25. The van der Waals surface area contributed by atoms with Gasteiger partial charge in [-0.05, 0) is 54.1 Å². The number of nitrogen functional groups attached to an aromatic ring is 1. The summed E-state index contributed by atoms with van der Waals surface area (Å²) in [4.78, 5) is 1.97. The topological polar surface area (TPSA) is 55.5 Å². The van der Waals surface area contributed by atoms with Gasteiger partial charge in [0.2, 0.25) is 0 Å². The lowest BCUT2D eigenvalue weighted by molar-refractivity contribution is 0.306. The van der Waals surface area contributed by atoms with Crippen molar-refractivity contribution in [1.29, 1.82) is 0 Å². The van der Waals surface area contributed by atoms with Gasteiger partial charge >= 0.3 is 0 Å². The zero-order valence-electron chi connectivity index (χ0n) is 12.8. The maximum absolute atomic E-state index is 9.33. The van der Waals surface area contributed by atoms with E-state index >= 15 is 0 Å². The molecule has 0 spiro atoms. The highest BCUT2D eigenvalue weighted by molar-refractivity contribution is 9.10. The third-order valence-electron chi connectivity index (χ3n) is 3.34.